The fourth-order valence-electron chi connectivity index (χ4n) is 4.28. The Labute approximate surface area is 231 Å². The number of thioether (sulfide) groups is 1. The van der Waals surface area contributed by atoms with Crippen molar-refractivity contribution in [2.24, 2.45) is 7.05 Å². The molecule has 0 unspecified atom stereocenters. The molecule has 198 valence electrons. The Balaban J connectivity index is 1.47. The number of rotatable bonds is 10. The standard InChI is InChI=1S/C28H31N5O3S2/c1-6-33(7-2)21-15-13-20(14-16-21)25-30-31-28(32(25)4)37-17-22(34)29-26-24(27(35)36-5)23(18(3)38-26)19-11-9-8-10-12-19/h8-16H,6-7,17H2,1-5H3,(H,29,34). The molecule has 2 heterocycles. The third kappa shape index (κ3) is 5.76. The van der Waals surface area contributed by atoms with E-state index < -0.39 is 5.97 Å². The highest BCUT2D eigenvalue weighted by Crippen LogP contribution is 2.40. The highest BCUT2D eigenvalue weighted by Gasteiger charge is 2.25. The Morgan fingerprint density at radius 3 is 2.34 bits per heavy atom. The SMILES string of the molecule is CCN(CC)c1ccc(-c2nnc(SCC(=O)Nc3sc(C)c(-c4ccccc4)c3C(=O)OC)n2C)cc1. The predicted molar refractivity (Wildman–Crippen MR) is 155 cm³/mol. The molecule has 0 aliphatic heterocycles. The summed E-state index contributed by atoms with van der Waals surface area (Å²) in [4.78, 5) is 28.8. The number of hydrogen-bond donors (Lipinski definition) is 1. The molecule has 0 fully saturated rings. The van der Waals surface area contributed by atoms with Crippen LogP contribution in [0.15, 0.2) is 59.8 Å². The maximum absolute atomic E-state index is 12.9. The highest BCUT2D eigenvalue weighted by atomic mass is 32.2. The second kappa shape index (κ2) is 12.3. The second-order valence-electron chi connectivity index (χ2n) is 8.52. The Bertz CT molecular complexity index is 1410. The number of carbonyl (C=O) groups is 2. The van der Waals surface area contributed by atoms with Crippen molar-refractivity contribution in [3.63, 3.8) is 0 Å². The molecule has 4 rings (SSSR count). The maximum atomic E-state index is 12.9. The first-order valence-electron chi connectivity index (χ1n) is 12.3. The number of carbonyl (C=O) groups excluding carboxylic acids is 2. The molecular weight excluding hydrogens is 518 g/mol. The Morgan fingerprint density at radius 2 is 1.71 bits per heavy atom. The first kappa shape index (κ1) is 27.4. The minimum Gasteiger partial charge on any atom is -0.465 e. The van der Waals surface area contributed by atoms with Gasteiger partial charge in [0, 0.05) is 41.8 Å². The minimum absolute atomic E-state index is 0.116. The zero-order chi connectivity index (χ0) is 27.2. The zero-order valence-electron chi connectivity index (χ0n) is 22.1. The van der Waals surface area contributed by atoms with Gasteiger partial charge in [-0.15, -0.1) is 21.5 Å². The van der Waals surface area contributed by atoms with Gasteiger partial charge in [-0.2, -0.15) is 0 Å². The average molecular weight is 550 g/mol. The van der Waals surface area contributed by atoms with Crippen LogP contribution < -0.4 is 10.2 Å². The lowest BCUT2D eigenvalue weighted by Gasteiger charge is -2.21. The smallest absolute Gasteiger partial charge is 0.341 e. The summed E-state index contributed by atoms with van der Waals surface area (Å²) in [6, 6.07) is 17.9. The molecular formula is C28H31N5O3S2. The number of methoxy groups -OCH3 is 1. The van der Waals surface area contributed by atoms with E-state index in [2.05, 4.69) is 46.4 Å². The van der Waals surface area contributed by atoms with Gasteiger partial charge < -0.3 is 19.5 Å². The van der Waals surface area contributed by atoms with E-state index in [1.807, 2.05) is 61.0 Å². The van der Waals surface area contributed by atoms with Gasteiger partial charge in [-0.1, -0.05) is 42.1 Å². The molecule has 0 radical (unpaired) electrons. The monoisotopic (exact) mass is 549 g/mol. The lowest BCUT2D eigenvalue weighted by atomic mass is 10.0. The number of hydrogen-bond acceptors (Lipinski definition) is 8. The summed E-state index contributed by atoms with van der Waals surface area (Å²) in [7, 11) is 3.23. The molecule has 1 amide bonds. The van der Waals surface area contributed by atoms with Crippen LogP contribution >= 0.6 is 23.1 Å². The third-order valence-electron chi connectivity index (χ3n) is 6.21. The quantitative estimate of drug-likeness (QED) is 0.195. The fraction of sp³-hybridized carbons (Fsp3) is 0.286. The van der Waals surface area contributed by atoms with Gasteiger partial charge in [0.15, 0.2) is 11.0 Å². The summed E-state index contributed by atoms with van der Waals surface area (Å²) in [5.74, 6) is 0.120. The number of benzene rings is 2. The summed E-state index contributed by atoms with van der Waals surface area (Å²) < 4.78 is 6.93. The van der Waals surface area contributed by atoms with Crippen LogP contribution in [0.4, 0.5) is 10.7 Å². The molecule has 4 aromatic rings. The van der Waals surface area contributed by atoms with Gasteiger partial charge in [0.25, 0.3) is 0 Å². The van der Waals surface area contributed by atoms with Gasteiger partial charge in [0.05, 0.1) is 12.9 Å². The van der Waals surface area contributed by atoms with E-state index in [-0.39, 0.29) is 11.7 Å². The Morgan fingerprint density at radius 1 is 1.03 bits per heavy atom. The van der Waals surface area contributed by atoms with Crippen LogP contribution in [0.5, 0.6) is 0 Å². The van der Waals surface area contributed by atoms with Crippen molar-refractivity contribution in [2.45, 2.75) is 25.9 Å². The summed E-state index contributed by atoms with van der Waals surface area (Å²) in [5, 5.41) is 12.7. The zero-order valence-corrected chi connectivity index (χ0v) is 23.8. The molecule has 38 heavy (non-hydrogen) atoms. The predicted octanol–water partition coefficient (Wildman–Crippen LogP) is 5.88. The number of thiophene rings is 1. The van der Waals surface area contributed by atoms with Crippen molar-refractivity contribution in [1.29, 1.82) is 0 Å². The number of nitrogens with one attached hydrogen (secondary N) is 1. The molecule has 0 saturated carbocycles. The van der Waals surface area contributed by atoms with Crippen molar-refractivity contribution >= 4 is 45.7 Å². The number of aryl methyl sites for hydroxylation is 1. The van der Waals surface area contributed by atoms with Crippen LogP contribution in [-0.4, -0.2) is 52.6 Å². The number of anilines is 2. The third-order valence-corrected chi connectivity index (χ3v) is 8.25. The lowest BCUT2D eigenvalue weighted by molar-refractivity contribution is -0.113. The summed E-state index contributed by atoms with van der Waals surface area (Å²) >= 11 is 2.65. The van der Waals surface area contributed by atoms with Crippen LogP contribution in [0.25, 0.3) is 22.5 Å². The molecule has 0 atom stereocenters. The van der Waals surface area contributed by atoms with Crippen molar-refractivity contribution in [3.05, 3.63) is 65.0 Å². The first-order chi connectivity index (χ1) is 18.4. The minimum atomic E-state index is -0.485. The number of nitrogens with zero attached hydrogens (tertiary/aromatic N) is 4. The van der Waals surface area contributed by atoms with Gasteiger partial charge in [-0.25, -0.2) is 4.79 Å². The van der Waals surface area contributed by atoms with Crippen molar-refractivity contribution in [2.75, 3.05) is 36.2 Å². The molecule has 8 nitrogen and oxygen atoms in total. The number of amides is 1. The van der Waals surface area contributed by atoms with Gasteiger partial charge in [0.2, 0.25) is 5.91 Å². The van der Waals surface area contributed by atoms with E-state index in [1.54, 1.807) is 0 Å². The van der Waals surface area contributed by atoms with E-state index in [0.29, 0.717) is 15.7 Å². The molecule has 2 aromatic carbocycles. The molecule has 0 aliphatic carbocycles. The van der Waals surface area contributed by atoms with Gasteiger partial charge in [-0.05, 0) is 50.6 Å². The molecule has 2 aromatic heterocycles. The fourth-order valence-corrected chi connectivity index (χ4v) is 6.07. The Hall–Kier alpha value is -3.63. The van der Waals surface area contributed by atoms with Gasteiger partial charge in [0.1, 0.15) is 10.6 Å². The van der Waals surface area contributed by atoms with Crippen molar-refractivity contribution in [3.8, 4) is 22.5 Å². The molecule has 0 bridgehead atoms. The van der Waals surface area contributed by atoms with Crippen LogP contribution in [0.3, 0.4) is 0 Å². The van der Waals surface area contributed by atoms with Crippen LogP contribution in [0, 0.1) is 6.92 Å². The second-order valence-corrected chi connectivity index (χ2v) is 10.7. The maximum Gasteiger partial charge on any atom is 0.341 e. The number of aromatic nitrogens is 3. The topological polar surface area (TPSA) is 89.3 Å². The first-order valence-corrected chi connectivity index (χ1v) is 14.1. The summed E-state index contributed by atoms with van der Waals surface area (Å²) in [6.07, 6.45) is 0. The molecule has 1 N–H and O–H groups in total. The van der Waals surface area contributed by atoms with E-state index in [9.17, 15) is 9.59 Å². The van der Waals surface area contributed by atoms with Crippen molar-refractivity contribution < 1.29 is 14.3 Å². The summed E-state index contributed by atoms with van der Waals surface area (Å²) in [5.41, 5.74) is 4.16. The van der Waals surface area contributed by atoms with E-state index in [0.717, 1.165) is 46.2 Å². The average Bonchev–Trinajstić information content (AvgIpc) is 3.47. The van der Waals surface area contributed by atoms with Crippen LogP contribution in [-0.2, 0) is 16.6 Å². The van der Waals surface area contributed by atoms with E-state index in [4.69, 9.17) is 4.74 Å². The van der Waals surface area contributed by atoms with E-state index in [1.165, 1.54) is 30.2 Å². The molecule has 0 saturated heterocycles. The molecule has 0 aliphatic rings. The highest BCUT2D eigenvalue weighted by molar-refractivity contribution is 7.99. The number of ether oxygens (including phenoxy) is 1. The van der Waals surface area contributed by atoms with E-state index >= 15 is 0 Å². The van der Waals surface area contributed by atoms with Crippen LogP contribution in [0.1, 0.15) is 29.1 Å². The molecule has 10 heteroatoms. The normalized spacial score (nSPS) is 10.9. The van der Waals surface area contributed by atoms with Crippen LogP contribution in [0.2, 0.25) is 0 Å². The largest absolute Gasteiger partial charge is 0.465 e. The van der Waals surface area contributed by atoms with Crippen molar-refractivity contribution in [1.82, 2.24) is 14.8 Å². The van der Waals surface area contributed by atoms with Gasteiger partial charge in [-0.3, -0.25) is 4.79 Å². The Kier molecular flexibility index (Phi) is 8.85. The molecule has 0 spiro atoms. The number of esters is 1. The lowest BCUT2D eigenvalue weighted by Crippen LogP contribution is -2.21. The van der Waals surface area contributed by atoms with Gasteiger partial charge >= 0.3 is 5.97 Å². The summed E-state index contributed by atoms with van der Waals surface area (Å²) in [6.45, 7) is 8.10.